The zero-order chi connectivity index (χ0) is 23.8. The van der Waals surface area contributed by atoms with Gasteiger partial charge in [0.1, 0.15) is 18.1 Å². The Morgan fingerprint density at radius 2 is 1.42 bits per heavy atom. The van der Waals surface area contributed by atoms with Gasteiger partial charge < -0.3 is 14.3 Å². The van der Waals surface area contributed by atoms with Crippen LogP contribution in [-0.2, 0) is 17.6 Å². The van der Waals surface area contributed by atoms with Gasteiger partial charge in [-0.25, -0.2) is 0 Å². The molecule has 0 amide bonds. The number of alkyl halides is 3. The number of halogens is 3. The molecule has 0 atom stereocenters. The van der Waals surface area contributed by atoms with Crippen molar-refractivity contribution < 1.29 is 32.3 Å². The van der Waals surface area contributed by atoms with Gasteiger partial charge in [0.15, 0.2) is 12.4 Å². The minimum Gasteiger partial charge on any atom is -0.497 e. The SMILES string of the molecule is COc1ccc(C(=O)COc2ccc(C(C)=NOCc3ccc(C(F)(F)F)cc3)cc2)cc1. The maximum Gasteiger partial charge on any atom is 0.416 e. The van der Waals surface area contributed by atoms with E-state index < -0.39 is 11.7 Å². The molecule has 0 saturated carbocycles. The van der Waals surface area contributed by atoms with E-state index in [1.165, 1.54) is 12.1 Å². The third-order valence-corrected chi connectivity index (χ3v) is 4.77. The number of nitrogens with zero attached hydrogens (tertiary/aromatic N) is 1. The van der Waals surface area contributed by atoms with E-state index in [0.29, 0.717) is 28.3 Å². The van der Waals surface area contributed by atoms with Crippen molar-refractivity contribution >= 4 is 11.5 Å². The van der Waals surface area contributed by atoms with Crippen LogP contribution in [0.5, 0.6) is 11.5 Å². The van der Waals surface area contributed by atoms with E-state index in [2.05, 4.69) is 5.16 Å². The number of hydrogen-bond acceptors (Lipinski definition) is 5. The highest BCUT2D eigenvalue weighted by molar-refractivity contribution is 5.98. The van der Waals surface area contributed by atoms with Crippen LogP contribution in [0.15, 0.2) is 78.0 Å². The number of benzene rings is 3. The van der Waals surface area contributed by atoms with E-state index in [9.17, 15) is 18.0 Å². The lowest BCUT2D eigenvalue weighted by atomic mass is 10.1. The standard InChI is InChI=1S/C25H22F3NO4/c1-17(29-33-15-18-3-9-21(10-4-18)25(26,27)28)19-5-13-23(14-6-19)32-16-24(30)20-7-11-22(31-2)12-8-20/h3-14H,15-16H2,1-2H3. The second kappa shape index (κ2) is 10.7. The van der Waals surface area contributed by atoms with Gasteiger partial charge in [0.2, 0.25) is 0 Å². The Morgan fingerprint density at radius 1 is 0.848 bits per heavy atom. The highest BCUT2D eigenvalue weighted by Crippen LogP contribution is 2.29. The Hall–Kier alpha value is -3.81. The van der Waals surface area contributed by atoms with Crippen molar-refractivity contribution in [1.82, 2.24) is 0 Å². The van der Waals surface area contributed by atoms with E-state index >= 15 is 0 Å². The molecule has 3 aromatic rings. The summed E-state index contributed by atoms with van der Waals surface area (Å²) in [6.07, 6.45) is -4.37. The number of carbonyl (C=O) groups is 1. The average molecular weight is 457 g/mol. The summed E-state index contributed by atoms with van der Waals surface area (Å²) >= 11 is 0. The summed E-state index contributed by atoms with van der Waals surface area (Å²) in [7, 11) is 1.56. The largest absolute Gasteiger partial charge is 0.497 e. The average Bonchev–Trinajstić information content (AvgIpc) is 2.82. The van der Waals surface area contributed by atoms with Gasteiger partial charge in [-0.2, -0.15) is 13.2 Å². The van der Waals surface area contributed by atoms with Crippen LogP contribution in [-0.4, -0.2) is 25.2 Å². The van der Waals surface area contributed by atoms with E-state index in [4.69, 9.17) is 14.3 Å². The summed E-state index contributed by atoms with van der Waals surface area (Å²) < 4.78 is 48.4. The van der Waals surface area contributed by atoms with Crippen molar-refractivity contribution in [1.29, 1.82) is 0 Å². The summed E-state index contributed by atoms with van der Waals surface area (Å²) in [5.74, 6) is 1.04. The first-order chi connectivity index (χ1) is 15.8. The van der Waals surface area contributed by atoms with Crippen molar-refractivity contribution in [2.75, 3.05) is 13.7 Å². The van der Waals surface area contributed by atoms with Crippen LogP contribution >= 0.6 is 0 Å². The predicted octanol–water partition coefficient (Wildman–Crippen LogP) is 5.92. The van der Waals surface area contributed by atoms with Crippen molar-refractivity contribution in [2.45, 2.75) is 19.7 Å². The van der Waals surface area contributed by atoms with Gasteiger partial charge in [-0.05, 0) is 78.7 Å². The monoisotopic (exact) mass is 457 g/mol. The second-order valence-electron chi connectivity index (χ2n) is 7.11. The molecule has 8 heteroatoms. The molecule has 33 heavy (non-hydrogen) atoms. The van der Waals surface area contributed by atoms with Crippen molar-refractivity contribution in [3.05, 3.63) is 95.1 Å². The van der Waals surface area contributed by atoms with Gasteiger partial charge >= 0.3 is 6.18 Å². The molecule has 0 bridgehead atoms. The fourth-order valence-corrected chi connectivity index (χ4v) is 2.85. The Labute approximate surface area is 189 Å². The van der Waals surface area contributed by atoms with E-state index in [1.807, 2.05) is 0 Å². The first-order valence-electron chi connectivity index (χ1n) is 9.99. The zero-order valence-electron chi connectivity index (χ0n) is 18.1. The van der Waals surface area contributed by atoms with Gasteiger partial charge in [0.25, 0.3) is 0 Å². The van der Waals surface area contributed by atoms with Gasteiger partial charge in [0.05, 0.1) is 18.4 Å². The third kappa shape index (κ3) is 6.83. The molecule has 3 aromatic carbocycles. The van der Waals surface area contributed by atoms with Crippen LogP contribution in [0.25, 0.3) is 0 Å². The molecule has 0 unspecified atom stereocenters. The van der Waals surface area contributed by atoms with Crippen LogP contribution in [0.2, 0.25) is 0 Å². The molecule has 172 valence electrons. The minimum atomic E-state index is -4.37. The van der Waals surface area contributed by atoms with Gasteiger partial charge in [0, 0.05) is 5.56 Å². The van der Waals surface area contributed by atoms with E-state index in [0.717, 1.165) is 17.7 Å². The summed E-state index contributed by atoms with van der Waals surface area (Å²) in [6, 6.07) is 18.5. The fraction of sp³-hybridized carbons (Fsp3) is 0.200. The third-order valence-electron chi connectivity index (χ3n) is 4.77. The van der Waals surface area contributed by atoms with Crippen molar-refractivity contribution in [3.63, 3.8) is 0 Å². The summed E-state index contributed by atoms with van der Waals surface area (Å²) in [5, 5.41) is 4.01. The normalized spacial score (nSPS) is 11.7. The smallest absolute Gasteiger partial charge is 0.416 e. The molecule has 0 heterocycles. The predicted molar refractivity (Wildman–Crippen MR) is 118 cm³/mol. The Morgan fingerprint density at radius 3 is 2.00 bits per heavy atom. The number of hydrogen-bond donors (Lipinski definition) is 0. The molecule has 0 fully saturated rings. The number of methoxy groups -OCH3 is 1. The number of carbonyl (C=O) groups excluding carboxylic acids is 1. The molecule has 0 saturated heterocycles. The lowest BCUT2D eigenvalue weighted by Gasteiger charge is -2.08. The fourth-order valence-electron chi connectivity index (χ4n) is 2.85. The molecule has 0 N–H and O–H groups in total. The molecule has 5 nitrogen and oxygen atoms in total. The molecule has 3 rings (SSSR count). The van der Waals surface area contributed by atoms with Crippen LogP contribution in [0, 0.1) is 0 Å². The lowest BCUT2D eigenvalue weighted by molar-refractivity contribution is -0.137. The second-order valence-corrected chi connectivity index (χ2v) is 7.11. The van der Waals surface area contributed by atoms with Crippen LogP contribution in [0.1, 0.15) is 34.0 Å². The van der Waals surface area contributed by atoms with E-state index in [-0.39, 0.29) is 19.0 Å². The first-order valence-corrected chi connectivity index (χ1v) is 9.99. The minimum absolute atomic E-state index is 0.0458. The first kappa shape index (κ1) is 23.8. The highest BCUT2D eigenvalue weighted by Gasteiger charge is 2.29. The molecule has 0 aliphatic rings. The van der Waals surface area contributed by atoms with Gasteiger partial charge in [-0.3, -0.25) is 4.79 Å². The number of Topliss-reactive ketones (excluding diaryl/α,β-unsaturated/α-hetero) is 1. The van der Waals surface area contributed by atoms with E-state index in [1.54, 1.807) is 62.6 Å². The van der Waals surface area contributed by atoms with Gasteiger partial charge in [-0.1, -0.05) is 17.3 Å². The Balaban J connectivity index is 1.50. The quantitative estimate of drug-likeness (QED) is 0.228. The van der Waals surface area contributed by atoms with Crippen molar-refractivity contribution in [2.24, 2.45) is 5.16 Å². The molecule has 0 aliphatic heterocycles. The highest BCUT2D eigenvalue weighted by atomic mass is 19.4. The maximum absolute atomic E-state index is 12.6. The molecule has 0 aliphatic carbocycles. The number of ether oxygens (including phenoxy) is 2. The summed E-state index contributed by atoms with van der Waals surface area (Å²) in [4.78, 5) is 17.5. The molecule has 0 aromatic heterocycles. The topological polar surface area (TPSA) is 57.1 Å². The Kier molecular flexibility index (Phi) is 7.71. The number of oxime groups is 1. The lowest BCUT2D eigenvalue weighted by Crippen LogP contribution is -2.11. The van der Waals surface area contributed by atoms with Crippen LogP contribution in [0.3, 0.4) is 0 Å². The summed E-state index contributed by atoms with van der Waals surface area (Å²) in [5.41, 5.74) is 1.75. The van der Waals surface area contributed by atoms with Gasteiger partial charge in [-0.15, -0.1) is 0 Å². The molecular weight excluding hydrogens is 435 g/mol. The van der Waals surface area contributed by atoms with Crippen molar-refractivity contribution in [3.8, 4) is 11.5 Å². The van der Waals surface area contributed by atoms with Crippen LogP contribution in [0.4, 0.5) is 13.2 Å². The number of ketones is 1. The van der Waals surface area contributed by atoms with Crippen LogP contribution < -0.4 is 9.47 Å². The zero-order valence-corrected chi connectivity index (χ0v) is 18.1. The summed E-state index contributed by atoms with van der Waals surface area (Å²) in [6.45, 7) is 1.69. The molecule has 0 spiro atoms. The Bertz CT molecular complexity index is 1090. The number of rotatable bonds is 9. The maximum atomic E-state index is 12.6. The molecule has 0 radical (unpaired) electrons. The molecular formula is C25H22F3NO4.